The summed E-state index contributed by atoms with van der Waals surface area (Å²) in [6.07, 6.45) is 8.18. The average molecular weight is 475 g/mol. The monoisotopic (exact) mass is 474 g/mol. The maximum Gasteiger partial charge on any atom is 0.258 e. The summed E-state index contributed by atoms with van der Waals surface area (Å²) in [5.41, 5.74) is 7.95. The zero-order valence-electron chi connectivity index (χ0n) is 20.7. The number of amides is 1. The van der Waals surface area contributed by atoms with Crippen molar-refractivity contribution in [3.8, 4) is 5.82 Å². The molecule has 0 unspecified atom stereocenters. The molecule has 0 radical (unpaired) electrons. The number of nitrogens with two attached hydrogens (primary N) is 1. The lowest BCUT2D eigenvalue weighted by atomic mass is 10.1. The largest absolute Gasteiger partial charge is 0.398 e. The van der Waals surface area contributed by atoms with Crippen LogP contribution in [0.5, 0.6) is 0 Å². The van der Waals surface area contributed by atoms with Crippen LogP contribution in [0, 0.1) is 16.7 Å². The molecular weight excluding hydrogens is 440 g/mol. The van der Waals surface area contributed by atoms with E-state index in [-0.39, 0.29) is 5.57 Å². The molecule has 9 nitrogen and oxygen atoms in total. The molecular formula is C26H34N8O. The first kappa shape index (κ1) is 27.0. The second kappa shape index (κ2) is 13.4. The van der Waals surface area contributed by atoms with E-state index in [4.69, 9.17) is 16.6 Å². The minimum absolute atomic E-state index is 0.246. The molecule has 35 heavy (non-hydrogen) atoms. The Hall–Kier alpha value is -4.27. The average Bonchev–Trinajstić information content (AvgIpc) is 3.30. The highest BCUT2D eigenvalue weighted by atomic mass is 16.1. The SMILES string of the molecule is C/C=C(\C=N)C(=O)Nc1cccc(-n2ccc(Nc3ccc(N)c(C=N)c3)n2)n1.CCCC(C)C. The van der Waals surface area contributed by atoms with Gasteiger partial charge in [-0.1, -0.05) is 45.8 Å². The van der Waals surface area contributed by atoms with Gasteiger partial charge in [-0.05, 0) is 43.2 Å². The van der Waals surface area contributed by atoms with Crippen LogP contribution in [0.15, 0.2) is 60.3 Å². The van der Waals surface area contributed by atoms with E-state index in [1.807, 2.05) is 0 Å². The quantitative estimate of drug-likeness (QED) is 0.156. The number of nitrogen functional groups attached to an aromatic ring is 1. The third-order valence-corrected chi connectivity index (χ3v) is 4.91. The van der Waals surface area contributed by atoms with E-state index >= 15 is 0 Å². The molecule has 3 aromatic rings. The highest BCUT2D eigenvalue weighted by Crippen LogP contribution is 2.20. The highest BCUT2D eigenvalue weighted by Gasteiger charge is 2.09. The van der Waals surface area contributed by atoms with Crippen molar-refractivity contribution >= 4 is 41.3 Å². The van der Waals surface area contributed by atoms with E-state index < -0.39 is 5.91 Å². The summed E-state index contributed by atoms with van der Waals surface area (Å²) in [7, 11) is 0. The molecule has 0 fully saturated rings. The lowest BCUT2D eigenvalue weighted by Crippen LogP contribution is -2.16. The number of nitrogens with zero attached hydrogens (tertiary/aromatic N) is 3. The van der Waals surface area contributed by atoms with Gasteiger partial charge in [0.15, 0.2) is 11.6 Å². The summed E-state index contributed by atoms with van der Waals surface area (Å²) >= 11 is 0. The number of pyridine rings is 1. The van der Waals surface area contributed by atoms with Crippen LogP contribution in [-0.2, 0) is 4.79 Å². The smallest absolute Gasteiger partial charge is 0.258 e. The Bertz CT molecular complexity index is 1180. The Morgan fingerprint density at radius 3 is 2.54 bits per heavy atom. The molecule has 0 aliphatic heterocycles. The van der Waals surface area contributed by atoms with Gasteiger partial charge in [-0.25, -0.2) is 9.67 Å². The number of benzene rings is 1. The number of carbonyl (C=O) groups excluding carboxylic acids is 1. The number of anilines is 4. The van der Waals surface area contributed by atoms with E-state index in [1.165, 1.54) is 19.1 Å². The van der Waals surface area contributed by atoms with Gasteiger partial charge in [-0.3, -0.25) is 4.79 Å². The van der Waals surface area contributed by atoms with Crippen LogP contribution in [0.1, 0.15) is 46.1 Å². The van der Waals surface area contributed by atoms with Gasteiger partial charge in [-0.15, -0.1) is 5.10 Å². The molecule has 6 N–H and O–H groups in total. The standard InChI is InChI=1S/C20H20N8O.C6H14/c1-2-13(11-21)20(29)26-17-4-3-5-19(25-17)28-9-8-18(27-28)24-15-6-7-16(23)14(10-15)12-22;1-4-5-6(2)3/h2-12,21-22H,23H2,1H3,(H,24,27)(H,25,26,29);6H,4-5H2,1-3H3/b13-2+,21-11?,22-12?;. The van der Waals surface area contributed by atoms with Crippen LogP contribution < -0.4 is 16.4 Å². The molecule has 0 saturated heterocycles. The number of rotatable bonds is 9. The molecule has 0 atom stereocenters. The van der Waals surface area contributed by atoms with Gasteiger partial charge >= 0.3 is 0 Å². The first-order chi connectivity index (χ1) is 16.8. The minimum Gasteiger partial charge on any atom is -0.398 e. The van der Waals surface area contributed by atoms with Gasteiger partial charge < -0.3 is 27.2 Å². The number of aromatic nitrogens is 3. The second-order valence-corrected chi connectivity index (χ2v) is 8.16. The summed E-state index contributed by atoms with van der Waals surface area (Å²) in [4.78, 5) is 16.5. The van der Waals surface area contributed by atoms with Crippen LogP contribution in [0.25, 0.3) is 5.82 Å². The first-order valence-electron chi connectivity index (χ1n) is 11.5. The molecule has 1 amide bonds. The molecule has 2 aromatic heterocycles. The lowest BCUT2D eigenvalue weighted by Gasteiger charge is -2.07. The van der Waals surface area contributed by atoms with Crippen molar-refractivity contribution in [2.45, 2.75) is 40.5 Å². The number of hydrogen-bond acceptors (Lipinski definition) is 7. The predicted octanol–water partition coefficient (Wildman–Crippen LogP) is 5.57. The Labute approximate surface area is 206 Å². The predicted molar refractivity (Wildman–Crippen MR) is 144 cm³/mol. The maximum atomic E-state index is 12.1. The second-order valence-electron chi connectivity index (χ2n) is 8.16. The number of nitrogens with one attached hydrogen (secondary N) is 4. The topological polar surface area (TPSA) is 146 Å². The van der Waals surface area contributed by atoms with Gasteiger partial charge in [0.2, 0.25) is 0 Å². The van der Waals surface area contributed by atoms with Crippen molar-refractivity contribution in [1.29, 1.82) is 10.8 Å². The van der Waals surface area contributed by atoms with Crippen LogP contribution >= 0.6 is 0 Å². The van der Waals surface area contributed by atoms with Crippen molar-refractivity contribution < 1.29 is 4.79 Å². The van der Waals surface area contributed by atoms with Crippen molar-refractivity contribution in [2.24, 2.45) is 5.92 Å². The first-order valence-corrected chi connectivity index (χ1v) is 11.5. The van der Waals surface area contributed by atoms with Gasteiger partial charge in [-0.2, -0.15) is 0 Å². The highest BCUT2D eigenvalue weighted by molar-refractivity contribution is 6.16. The van der Waals surface area contributed by atoms with E-state index in [9.17, 15) is 4.79 Å². The Balaban J connectivity index is 0.000000641. The lowest BCUT2D eigenvalue weighted by molar-refractivity contribution is -0.112. The fraction of sp³-hybridized carbons (Fsp3) is 0.269. The normalized spacial score (nSPS) is 10.8. The summed E-state index contributed by atoms with van der Waals surface area (Å²) < 4.78 is 1.57. The van der Waals surface area contributed by atoms with Gasteiger partial charge in [0, 0.05) is 41.6 Å². The molecule has 3 rings (SSSR count). The molecule has 0 aliphatic carbocycles. The fourth-order valence-electron chi connectivity index (χ4n) is 3.11. The van der Waals surface area contributed by atoms with Crippen molar-refractivity contribution in [3.05, 3.63) is 65.9 Å². The van der Waals surface area contributed by atoms with Crippen molar-refractivity contribution in [3.63, 3.8) is 0 Å². The zero-order valence-corrected chi connectivity index (χ0v) is 20.7. The Kier molecular flexibility index (Phi) is 10.4. The third-order valence-electron chi connectivity index (χ3n) is 4.91. The summed E-state index contributed by atoms with van der Waals surface area (Å²) in [5.74, 6) is 1.95. The third kappa shape index (κ3) is 8.22. The molecule has 2 heterocycles. The van der Waals surface area contributed by atoms with Crippen molar-refractivity contribution in [1.82, 2.24) is 14.8 Å². The summed E-state index contributed by atoms with van der Waals surface area (Å²) in [6, 6.07) is 12.2. The van der Waals surface area contributed by atoms with Crippen LogP contribution in [0.2, 0.25) is 0 Å². The van der Waals surface area contributed by atoms with Crippen LogP contribution in [0.3, 0.4) is 0 Å². The zero-order chi connectivity index (χ0) is 25.8. The van der Waals surface area contributed by atoms with E-state index in [0.29, 0.717) is 28.7 Å². The summed E-state index contributed by atoms with van der Waals surface area (Å²) in [5, 5.41) is 24.9. The maximum absolute atomic E-state index is 12.1. The molecule has 0 aliphatic rings. The molecule has 0 saturated carbocycles. The summed E-state index contributed by atoms with van der Waals surface area (Å²) in [6.45, 7) is 8.42. The van der Waals surface area contributed by atoms with Gasteiger partial charge in [0.05, 0.1) is 5.57 Å². The minimum atomic E-state index is -0.402. The molecule has 1 aromatic carbocycles. The van der Waals surface area contributed by atoms with E-state index in [1.54, 1.807) is 66.3 Å². The van der Waals surface area contributed by atoms with Crippen LogP contribution in [0.4, 0.5) is 23.0 Å². The molecule has 0 bridgehead atoms. The molecule has 9 heteroatoms. The molecule has 184 valence electrons. The Morgan fingerprint density at radius 2 is 1.94 bits per heavy atom. The van der Waals surface area contributed by atoms with E-state index in [2.05, 4.69) is 41.5 Å². The Morgan fingerprint density at radius 1 is 1.17 bits per heavy atom. The molecule has 0 spiro atoms. The van der Waals surface area contributed by atoms with Gasteiger partial charge in [0.1, 0.15) is 5.82 Å². The number of carbonyl (C=O) groups is 1. The van der Waals surface area contributed by atoms with Gasteiger partial charge in [0.25, 0.3) is 5.91 Å². The number of allylic oxidation sites excluding steroid dienone is 1. The number of hydrogen-bond donors (Lipinski definition) is 5. The van der Waals surface area contributed by atoms with Crippen molar-refractivity contribution in [2.75, 3.05) is 16.4 Å². The fourth-order valence-corrected chi connectivity index (χ4v) is 3.11. The van der Waals surface area contributed by atoms with E-state index in [0.717, 1.165) is 17.8 Å². The van der Waals surface area contributed by atoms with Crippen LogP contribution in [-0.4, -0.2) is 33.1 Å².